The molecule has 0 fully saturated rings. The van der Waals surface area contributed by atoms with E-state index in [1.807, 2.05) is 0 Å². The van der Waals surface area contributed by atoms with Gasteiger partial charge < -0.3 is 9.26 Å². The topological polar surface area (TPSA) is 52.3 Å². The first-order chi connectivity index (χ1) is 11.1. The lowest BCUT2D eigenvalue weighted by atomic mass is 10.0. The maximum Gasteiger partial charge on any atom is 0.343 e. The van der Waals surface area contributed by atoms with Gasteiger partial charge in [-0.25, -0.2) is 13.6 Å². The number of esters is 1. The molecule has 0 aliphatic rings. The van der Waals surface area contributed by atoms with Gasteiger partial charge in [0, 0.05) is 6.42 Å². The van der Waals surface area contributed by atoms with Crippen LogP contribution < -0.4 is 0 Å². The number of methoxy groups -OCH3 is 1. The molecule has 124 valence electrons. The van der Waals surface area contributed by atoms with Crippen molar-refractivity contribution in [1.82, 2.24) is 5.16 Å². The zero-order chi connectivity index (χ0) is 16.8. The molecule has 1 heterocycles. The molecule has 0 aliphatic heterocycles. The van der Waals surface area contributed by atoms with Crippen LogP contribution in [-0.2, 0) is 11.2 Å². The summed E-state index contributed by atoms with van der Waals surface area (Å²) in [6, 6.07) is 3.46. The van der Waals surface area contributed by atoms with Gasteiger partial charge in [0.05, 0.1) is 12.7 Å². The summed E-state index contributed by atoms with van der Waals surface area (Å²) in [6.45, 7) is 2.09. The first-order valence-electron chi connectivity index (χ1n) is 7.61. The molecule has 0 radical (unpaired) electrons. The van der Waals surface area contributed by atoms with Crippen molar-refractivity contribution < 1.29 is 22.8 Å². The van der Waals surface area contributed by atoms with Crippen LogP contribution in [0, 0.1) is 11.6 Å². The third-order valence-electron chi connectivity index (χ3n) is 3.61. The van der Waals surface area contributed by atoms with E-state index >= 15 is 0 Å². The van der Waals surface area contributed by atoms with E-state index in [0.29, 0.717) is 12.2 Å². The summed E-state index contributed by atoms with van der Waals surface area (Å²) < 4.78 is 37.8. The van der Waals surface area contributed by atoms with Crippen molar-refractivity contribution in [3.63, 3.8) is 0 Å². The molecule has 23 heavy (non-hydrogen) atoms. The number of unbranched alkanes of at least 4 members (excludes halogenated alkanes) is 3. The molecule has 2 aromatic rings. The van der Waals surface area contributed by atoms with E-state index in [4.69, 9.17) is 9.26 Å². The lowest BCUT2D eigenvalue weighted by molar-refractivity contribution is 0.0599. The van der Waals surface area contributed by atoms with Crippen LogP contribution in [0.4, 0.5) is 8.78 Å². The first kappa shape index (κ1) is 17.1. The van der Waals surface area contributed by atoms with Gasteiger partial charge in [-0.15, -0.1) is 0 Å². The number of nitrogens with zero attached hydrogens (tertiary/aromatic N) is 1. The zero-order valence-corrected chi connectivity index (χ0v) is 13.2. The Morgan fingerprint density at radius 1 is 1.22 bits per heavy atom. The fourth-order valence-electron chi connectivity index (χ4n) is 2.41. The van der Waals surface area contributed by atoms with Gasteiger partial charge in [-0.1, -0.05) is 37.4 Å². The lowest BCUT2D eigenvalue weighted by Gasteiger charge is -2.04. The van der Waals surface area contributed by atoms with Crippen LogP contribution in [0.15, 0.2) is 22.7 Å². The standard InChI is InChI=1S/C17H19F2NO3/c1-3-4-5-6-10-13-15(17(21)22-2)16(20-23-13)14-11(18)8-7-9-12(14)19/h7-9H,3-6,10H2,1-2H3. The highest BCUT2D eigenvalue weighted by molar-refractivity contribution is 5.97. The Morgan fingerprint density at radius 2 is 1.91 bits per heavy atom. The number of carbonyl (C=O) groups excluding carboxylic acids is 1. The van der Waals surface area contributed by atoms with Crippen molar-refractivity contribution in [2.75, 3.05) is 7.11 Å². The lowest BCUT2D eigenvalue weighted by Crippen LogP contribution is -2.06. The molecule has 0 saturated heterocycles. The number of benzene rings is 1. The highest BCUT2D eigenvalue weighted by atomic mass is 19.1. The summed E-state index contributed by atoms with van der Waals surface area (Å²) in [5.74, 6) is -2.03. The van der Waals surface area contributed by atoms with Crippen molar-refractivity contribution in [3.05, 3.63) is 41.2 Å². The second-order valence-electron chi connectivity index (χ2n) is 5.23. The summed E-state index contributed by atoms with van der Waals surface area (Å²) in [7, 11) is 1.21. The average Bonchev–Trinajstić information content (AvgIpc) is 2.94. The summed E-state index contributed by atoms with van der Waals surface area (Å²) >= 11 is 0. The fraction of sp³-hybridized carbons (Fsp3) is 0.412. The summed E-state index contributed by atoms with van der Waals surface area (Å²) in [4.78, 5) is 12.0. The average molecular weight is 323 g/mol. The minimum atomic E-state index is -0.805. The van der Waals surface area contributed by atoms with Gasteiger partial charge >= 0.3 is 5.97 Å². The molecule has 2 rings (SSSR count). The predicted octanol–water partition coefficient (Wildman–Crippen LogP) is 4.53. The van der Waals surface area contributed by atoms with Gasteiger partial charge in [-0.3, -0.25) is 0 Å². The van der Waals surface area contributed by atoms with Crippen LogP contribution in [0.25, 0.3) is 11.3 Å². The largest absolute Gasteiger partial charge is 0.465 e. The number of aryl methyl sites for hydroxylation is 1. The third kappa shape index (κ3) is 3.75. The molecule has 1 aromatic heterocycles. The number of aromatic nitrogens is 1. The highest BCUT2D eigenvalue weighted by Gasteiger charge is 2.28. The van der Waals surface area contributed by atoms with Gasteiger partial charge in [-0.05, 0) is 18.6 Å². The molecule has 0 aliphatic carbocycles. The van der Waals surface area contributed by atoms with E-state index in [0.717, 1.165) is 37.8 Å². The molecule has 0 saturated carbocycles. The van der Waals surface area contributed by atoms with E-state index < -0.39 is 17.6 Å². The fourth-order valence-corrected chi connectivity index (χ4v) is 2.41. The molecule has 0 spiro atoms. The SMILES string of the molecule is CCCCCCc1onc(-c2c(F)cccc2F)c1C(=O)OC. The number of halogens is 2. The normalized spacial score (nSPS) is 10.8. The van der Waals surface area contributed by atoms with E-state index in [9.17, 15) is 13.6 Å². The van der Waals surface area contributed by atoms with E-state index in [-0.39, 0.29) is 16.8 Å². The molecule has 1 aromatic carbocycles. The summed E-state index contributed by atoms with van der Waals surface area (Å²) in [6.07, 6.45) is 4.38. The maximum atomic E-state index is 14.0. The zero-order valence-electron chi connectivity index (χ0n) is 13.2. The molecule has 0 bridgehead atoms. The van der Waals surface area contributed by atoms with Crippen molar-refractivity contribution >= 4 is 5.97 Å². The number of carbonyl (C=O) groups is 1. The van der Waals surface area contributed by atoms with Crippen LogP contribution in [0.3, 0.4) is 0 Å². The predicted molar refractivity (Wildman–Crippen MR) is 81.0 cm³/mol. The molecule has 6 heteroatoms. The van der Waals surface area contributed by atoms with E-state index in [2.05, 4.69) is 12.1 Å². The Morgan fingerprint density at radius 3 is 2.52 bits per heavy atom. The maximum absolute atomic E-state index is 14.0. The number of hydrogen-bond donors (Lipinski definition) is 0. The Labute approximate surface area is 133 Å². The number of hydrogen-bond acceptors (Lipinski definition) is 4. The van der Waals surface area contributed by atoms with Gasteiger partial charge in [0.1, 0.15) is 22.9 Å². The Hall–Kier alpha value is -2.24. The first-order valence-corrected chi connectivity index (χ1v) is 7.61. The molecule has 0 N–H and O–H groups in total. The molecule has 0 unspecified atom stereocenters. The number of rotatable bonds is 7. The van der Waals surface area contributed by atoms with Gasteiger partial charge in [0.15, 0.2) is 5.76 Å². The second kappa shape index (κ2) is 7.85. The highest BCUT2D eigenvalue weighted by Crippen LogP contribution is 2.31. The van der Waals surface area contributed by atoms with Crippen LogP contribution in [0.2, 0.25) is 0 Å². The molecular weight excluding hydrogens is 304 g/mol. The van der Waals surface area contributed by atoms with Crippen LogP contribution >= 0.6 is 0 Å². The minimum absolute atomic E-state index is 0.00648. The van der Waals surface area contributed by atoms with Gasteiger partial charge in [0.25, 0.3) is 0 Å². The van der Waals surface area contributed by atoms with Crippen molar-refractivity contribution in [3.8, 4) is 11.3 Å². The van der Waals surface area contributed by atoms with Gasteiger partial charge in [0.2, 0.25) is 0 Å². The van der Waals surface area contributed by atoms with Crippen LogP contribution in [-0.4, -0.2) is 18.2 Å². The summed E-state index contributed by atoms with van der Waals surface area (Å²) in [5, 5.41) is 3.72. The Bertz CT molecular complexity index is 662. The molecule has 0 amide bonds. The van der Waals surface area contributed by atoms with Gasteiger partial charge in [-0.2, -0.15) is 0 Å². The summed E-state index contributed by atoms with van der Waals surface area (Å²) in [5.41, 5.74) is -0.539. The van der Waals surface area contributed by atoms with Crippen LogP contribution in [0.5, 0.6) is 0 Å². The quantitative estimate of drug-likeness (QED) is 0.555. The monoisotopic (exact) mass is 323 g/mol. The van der Waals surface area contributed by atoms with E-state index in [1.54, 1.807) is 0 Å². The molecular formula is C17H19F2NO3. The minimum Gasteiger partial charge on any atom is -0.465 e. The second-order valence-corrected chi connectivity index (χ2v) is 5.23. The number of ether oxygens (including phenoxy) is 1. The van der Waals surface area contributed by atoms with Crippen molar-refractivity contribution in [2.45, 2.75) is 39.0 Å². The van der Waals surface area contributed by atoms with Crippen molar-refractivity contribution in [2.24, 2.45) is 0 Å². The Balaban J connectivity index is 2.40. The third-order valence-corrected chi connectivity index (χ3v) is 3.61. The molecule has 4 nitrogen and oxygen atoms in total. The Kier molecular flexibility index (Phi) is 5.84. The smallest absolute Gasteiger partial charge is 0.343 e. The van der Waals surface area contributed by atoms with Crippen LogP contribution in [0.1, 0.15) is 48.7 Å². The molecule has 0 atom stereocenters. The van der Waals surface area contributed by atoms with E-state index in [1.165, 1.54) is 13.2 Å². The van der Waals surface area contributed by atoms with Crippen molar-refractivity contribution in [1.29, 1.82) is 0 Å².